The summed E-state index contributed by atoms with van der Waals surface area (Å²) in [6.45, 7) is 3.27. The summed E-state index contributed by atoms with van der Waals surface area (Å²) < 4.78 is 18.9. The van der Waals surface area contributed by atoms with Crippen molar-refractivity contribution >= 4 is 5.91 Å². The SMILES string of the molecule is Cc1nccc([C@@H]2CN(C(=O)Cc3cccc(F)c3)CCO2)n1. The normalized spacial score (nSPS) is 18.0. The van der Waals surface area contributed by atoms with Gasteiger partial charge in [0.2, 0.25) is 5.91 Å². The zero-order valence-electron chi connectivity index (χ0n) is 12.9. The Bertz CT molecular complexity index is 708. The Morgan fingerprint density at radius 3 is 3.09 bits per heavy atom. The summed E-state index contributed by atoms with van der Waals surface area (Å²) in [6.07, 6.45) is 1.63. The lowest BCUT2D eigenvalue weighted by molar-refractivity contribution is -0.138. The van der Waals surface area contributed by atoms with E-state index in [2.05, 4.69) is 9.97 Å². The summed E-state index contributed by atoms with van der Waals surface area (Å²) in [5.41, 5.74) is 1.46. The van der Waals surface area contributed by atoms with Crippen molar-refractivity contribution in [3.63, 3.8) is 0 Å². The van der Waals surface area contributed by atoms with Gasteiger partial charge in [0.25, 0.3) is 0 Å². The average molecular weight is 315 g/mol. The van der Waals surface area contributed by atoms with E-state index in [4.69, 9.17) is 4.74 Å². The van der Waals surface area contributed by atoms with Gasteiger partial charge in [0.15, 0.2) is 0 Å². The predicted octanol–water partition coefficient (Wildman–Crippen LogP) is 2.07. The van der Waals surface area contributed by atoms with Crippen LogP contribution in [-0.2, 0) is 16.0 Å². The van der Waals surface area contributed by atoms with E-state index in [-0.39, 0.29) is 24.2 Å². The van der Waals surface area contributed by atoms with E-state index in [9.17, 15) is 9.18 Å². The summed E-state index contributed by atoms with van der Waals surface area (Å²) in [6, 6.07) is 7.94. The van der Waals surface area contributed by atoms with Gasteiger partial charge >= 0.3 is 0 Å². The highest BCUT2D eigenvalue weighted by Gasteiger charge is 2.26. The van der Waals surface area contributed by atoms with Gasteiger partial charge in [-0.25, -0.2) is 14.4 Å². The topological polar surface area (TPSA) is 55.3 Å². The van der Waals surface area contributed by atoms with Crippen molar-refractivity contribution in [2.45, 2.75) is 19.4 Å². The summed E-state index contributed by atoms with van der Waals surface area (Å²) >= 11 is 0. The van der Waals surface area contributed by atoms with Crippen molar-refractivity contribution in [2.24, 2.45) is 0 Å². The minimum atomic E-state index is -0.327. The Morgan fingerprint density at radius 1 is 1.43 bits per heavy atom. The fourth-order valence-corrected chi connectivity index (χ4v) is 2.64. The van der Waals surface area contributed by atoms with Crippen molar-refractivity contribution in [1.82, 2.24) is 14.9 Å². The van der Waals surface area contributed by atoms with E-state index in [0.717, 1.165) is 5.69 Å². The van der Waals surface area contributed by atoms with Gasteiger partial charge in [-0.15, -0.1) is 0 Å². The lowest BCUT2D eigenvalue weighted by Crippen LogP contribution is -2.43. The Hall–Kier alpha value is -2.34. The van der Waals surface area contributed by atoms with E-state index in [1.54, 1.807) is 29.3 Å². The van der Waals surface area contributed by atoms with Gasteiger partial charge in [-0.2, -0.15) is 0 Å². The molecular weight excluding hydrogens is 297 g/mol. The number of carbonyl (C=O) groups excluding carboxylic acids is 1. The van der Waals surface area contributed by atoms with Gasteiger partial charge in [0.05, 0.1) is 25.3 Å². The molecule has 3 rings (SSSR count). The van der Waals surface area contributed by atoms with Crippen LogP contribution >= 0.6 is 0 Å². The van der Waals surface area contributed by atoms with E-state index >= 15 is 0 Å². The first-order valence-electron chi connectivity index (χ1n) is 7.55. The maximum absolute atomic E-state index is 13.2. The zero-order valence-corrected chi connectivity index (χ0v) is 12.9. The van der Waals surface area contributed by atoms with E-state index in [0.29, 0.717) is 31.1 Å². The molecular formula is C17H18FN3O2. The fraction of sp³-hybridized carbons (Fsp3) is 0.353. The zero-order chi connectivity index (χ0) is 16.2. The lowest BCUT2D eigenvalue weighted by Gasteiger charge is -2.32. The number of amides is 1. The van der Waals surface area contributed by atoms with E-state index in [1.165, 1.54) is 12.1 Å². The molecule has 120 valence electrons. The minimum Gasteiger partial charge on any atom is -0.368 e. The highest BCUT2D eigenvalue weighted by Crippen LogP contribution is 2.21. The molecule has 0 saturated carbocycles. The Kier molecular flexibility index (Phi) is 4.62. The fourth-order valence-electron chi connectivity index (χ4n) is 2.64. The number of hydrogen-bond donors (Lipinski definition) is 0. The van der Waals surface area contributed by atoms with Crippen molar-refractivity contribution < 1.29 is 13.9 Å². The van der Waals surface area contributed by atoms with Crippen LogP contribution in [0.4, 0.5) is 4.39 Å². The molecule has 2 aromatic rings. The Morgan fingerprint density at radius 2 is 2.30 bits per heavy atom. The molecule has 1 fully saturated rings. The van der Waals surface area contributed by atoms with Crippen LogP contribution in [0.25, 0.3) is 0 Å². The number of aryl methyl sites for hydroxylation is 1. The molecule has 1 aromatic carbocycles. The largest absolute Gasteiger partial charge is 0.368 e. The van der Waals surface area contributed by atoms with Crippen molar-refractivity contribution in [3.8, 4) is 0 Å². The molecule has 6 heteroatoms. The second kappa shape index (κ2) is 6.83. The molecule has 1 aromatic heterocycles. The molecule has 0 spiro atoms. The maximum atomic E-state index is 13.2. The van der Waals surface area contributed by atoms with Crippen LogP contribution in [-0.4, -0.2) is 40.5 Å². The van der Waals surface area contributed by atoms with Crippen molar-refractivity contribution in [3.05, 3.63) is 59.4 Å². The predicted molar refractivity (Wildman–Crippen MR) is 82.1 cm³/mol. The molecule has 1 saturated heterocycles. The first-order chi connectivity index (χ1) is 11.1. The Balaban J connectivity index is 1.67. The number of benzene rings is 1. The van der Waals surface area contributed by atoms with Crippen LogP contribution in [0.2, 0.25) is 0 Å². The smallest absolute Gasteiger partial charge is 0.227 e. The number of carbonyl (C=O) groups is 1. The number of halogens is 1. The van der Waals surface area contributed by atoms with Gasteiger partial charge in [0, 0.05) is 12.7 Å². The van der Waals surface area contributed by atoms with Crippen LogP contribution in [0.5, 0.6) is 0 Å². The van der Waals surface area contributed by atoms with E-state index in [1.807, 2.05) is 6.92 Å². The summed E-state index contributed by atoms with van der Waals surface area (Å²) in [7, 11) is 0. The molecule has 5 nitrogen and oxygen atoms in total. The second-order valence-corrected chi connectivity index (χ2v) is 5.53. The molecule has 1 aliphatic rings. The van der Waals surface area contributed by atoms with E-state index < -0.39 is 0 Å². The van der Waals surface area contributed by atoms with Gasteiger partial charge in [-0.05, 0) is 30.7 Å². The third-order valence-corrected chi connectivity index (χ3v) is 3.79. The standard InChI is InChI=1S/C17H18FN3O2/c1-12-19-6-5-15(20-12)16-11-21(7-8-23-16)17(22)10-13-3-2-4-14(18)9-13/h2-6,9,16H,7-8,10-11H2,1H3/t16-/m0/s1. The molecule has 1 atom stereocenters. The first kappa shape index (κ1) is 15.6. The third-order valence-electron chi connectivity index (χ3n) is 3.79. The second-order valence-electron chi connectivity index (χ2n) is 5.53. The molecule has 1 amide bonds. The highest BCUT2D eigenvalue weighted by molar-refractivity contribution is 5.78. The van der Waals surface area contributed by atoms with Crippen molar-refractivity contribution in [1.29, 1.82) is 0 Å². The molecule has 0 bridgehead atoms. The van der Waals surface area contributed by atoms with Crippen LogP contribution in [0.15, 0.2) is 36.5 Å². The molecule has 2 heterocycles. The first-order valence-corrected chi connectivity index (χ1v) is 7.55. The summed E-state index contributed by atoms with van der Waals surface area (Å²) in [4.78, 5) is 22.6. The maximum Gasteiger partial charge on any atom is 0.227 e. The number of morpholine rings is 1. The minimum absolute atomic E-state index is 0.0327. The average Bonchev–Trinajstić information content (AvgIpc) is 2.55. The van der Waals surface area contributed by atoms with Gasteiger partial charge in [-0.3, -0.25) is 4.79 Å². The van der Waals surface area contributed by atoms with Gasteiger partial charge in [0.1, 0.15) is 17.7 Å². The lowest BCUT2D eigenvalue weighted by atomic mass is 10.1. The van der Waals surface area contributed by atoms with Gasteiger partial charge in [-0.1, -0.05) is 12.1 Å². The van der Waals surface area contributed by atoms with Gasteiger partial charge < -0.3 is 9.64 Å². The molecule has 0 radical (unpaired) electrons. The summed E-state index contributed by atoms with van der Waals surface area (Å²) in [5.74, 6) is 0.315. The van der Waals surface area contributed by atoms with Crippen LogP contribution in [0.3, 0.4) is 0 Å². The number of rotatable bonds is 3. The number of nitrogens with zero attached hydrogens (tertiary/aromatic N) is 3. The van der Waals surface area contributed by atoms with Crippen molar-refractivity contribution in [2.75, 3.05) is 19.7 Å². The molecule has 1 aliphatic heterocycles. The molecule has 23 heavy (non-hydrogen) atoms. The summed E-state index contributed by atoms with van der Waals surface area (Å²) in [5, 5.41) is 0. The number of aromatic nitrogens is 2. The third kappa shape index (κ3) is 3.90. The Labute approximate surface area is 134 Å². The number of ether oxygens (including phenoxy) is 1. The monoisotopic (exact) mass is 315 g/mol. The van der Waals surface area contributed by atoms with Crippen LogP contribution < -0.4 is 0 Å². The highest BCUT2D eigenvalue weighted by atomic mass is 19.1. The van der Waals surface area contributed by atoms with Crippen LogP contribution in [0, 0.1) is 12.7 Å². The number of hydrogen-bond acceptors (Lipinski definition) is 4. The molecule has 0 aliphatic carbocycles. The van der Waals surface area contributed by atoms with Crippen LogP contribution in [0.1, 0.15) is 23.2 Å². The molecule has 0 unspecified atom stereocenters. The quantitative estimate of drug-likeness (QED) is 0.870. The molecule has 0 N–H and O–H groups in total.